The summed E-state index contributed by atoms with van der Waals surface area (Å²) in [6.07, 6.45) is 3.37. The van der Waals surface area contributed by atoms with Crippen molar-refractivity contribution in [3.05, 3.63) is 72.1 Å². The molecule has 2 N–H and O–H groups in total. The summed E-state index contributed by atoms with van der Waals surface area (Å²) >= 11 is 0. The molecule has 0 aliphatic rings. The van der Waals surface area contributed by atoms with E-state index >= 15 is 0 Å². The molecule has 1 aromatic heterocycles. The molecule has 128 valence electrons. The molecule has 0 aliphatic carbocycles. The van der Waals surface area contributed by atoms with Crippen LogP contribution in [0.25, 0.3) is 5.69 Å². The summed E-state index contributed by atoms with van der Waals surface area (Å²) in [5, 5.41) is 13.2. The van der Waals surface area contributed by atoms with E-state index in [1.54, 1.807) is 54.3 Å². The largest absolute Gasteiger partial charge is 0.478 e. The molecular formula is C17H15N3O4S. The normalized spacial score (nSPS) is 11.2. The van der Waals surface area contributed by atoms with Gasteiger partial charge in [-0.25, -0.2) is 17.9 Å². The number of hydrogen-bond donors (Lipinski definition) is 2. The van der Waals surface area contributed by atoms with Crippen LogP contribution >= 0.6 is 0 Å². The average molecular weight is 357 g/mol. The molecule has 0 radical (unpaired) electrons. The molecule has 25 heavy (non-hydrogen) atoms. The monoisotopic (exact) mass is 357 g/mol. The molecule has 3 rings (SSSR count). The van der Waals surface area contributed by atoms with Gasteiger partial charge in [-0.15, -0.1) is 0 Å². The van der Waals surface area contributed by atoms with Gasteiger partial charge in [0.1, 0.15) is 0 Å². The van der Waals surface area contributed by atoms with Gasteiger partial charge < -0.3 is 5.11 Å². The van der Waals surface area contributed by atoms with Crippen molar-refractivity contribution in [2.75, 3.05) is 4.72 Å². The Kier molecular flexibility index (Phi) is 4.28. The van der Waals surface area contributed by atoms with Gasteiger partial charge in [0.2, 0.25) is 0 Å². The number of aryl methyl sites for hydroxylation is 1. The van der Waals surface area contributed by atoms with Crippen LogP contribution in [0.15, 0.2) is 65.8 Å². The van der Waals surface area contributed by atoms with Gasteiger partial charge in [-0.3, -0.25) is 4.72 Å². The number of nitrogens with one attached hydrogen (secondary N) is 1. The molecule has 0 aliphatic heterocycles. The molecule has 0 unspecified atom stereocenters. The van der Waals surface area contributed by atoms with Gasteiger partial charge in [0.05, 0.1) is 21.8 Å². The second-order valence-electron chi connectivity index (χ2n) is 5.39. The van der Waals surface area contributed by atoms with Gasteiger partial charge in [0.15, 0.2) is 0 Å². The highest BCUT2D eigenvalue weighted by Crippen LogP contribution is 2.22. The van der Waals surface area contributed by atoms with E-state index in [0.717, 1.165) is 6.07 Å². The van der Waals surface area contributed by atoms with Crippen LogP contribution in [0.3, 0.4) is 0 Å². The number of rotatable bonds is 5. The van der Waals surface area contributed by atoms with E-state index in [1.807, 2.05) is 0 Å². The lowest BCUT2D eigenvalue weighted by Crippen LogP contribution is -2.15. The van der Waals surface area contributed by atoms with Gasteiger partial charge in [-0.2, -0.15) is 5.10 Å². The number of aromatic nitrogens is 2. The minimum Gasteiger partial charge on any atom is -0.478 e. The molecule has 2 aromatic carbocycles. The zero-order valence-corrected chi connectivity index (χ0v) is 14.1. The molecule has 0 saturated carbocycles. The van der Waals surface area contributed by atoms with Crippen LogP contribution in [0.4, 0.5) is 5.69 Å². The predicted octanol–water partition coefficient (Wildman–Crippen LogP) is 2.68. The quantitative estimate of drug-likeness (QED) is 0.731. The molecule has 3 aromatic rings. The summed E-state index contributed by atoms with van der Waals surface area (Å²) < 4.78 is 29.4. The van der Waals surface area contributed by atoms with Crippen LogP contribution in [0.2, 0.25) is 0 Å². The fourth-order valence-electron chi connectivity index (χ4n) is 2.37. The van der Waals surface area contributed by atoms with E-state index in [1.165, 1.54) is 12.1 Å². The van der Waals surface area contributed by atoms with Crippen molar-refractivity contribution in [2.45, 2.75) is 11.8 Å². The van der Waals surface area contributed by atoms with Crippen LogP contribution in [0.5, 0.6) is 0 Å². The van der Waals surface area contributed by atoms with Crippen LogP contribution in [-0.2, 0) is 10.0 Å². The lowest BCUT2D eigenvalue weighted by molar-refractivity contribution is 0.0696. The maximum absolute atomic E-state index is 12.7. The summed E-state index contributed by atoms with van der Waals surface area (Å²) in [4.78, 5) is 11.0. The van der Waals surface area contributed by atoms with Crippen molar-refractivity contribution in [3.8, 4) is 5.69 Å². The van der Waals surface area contributed by atoms with E-state index in [9.17, 15) is 13.2 Å². The number of hydrogen-bond acceptors (Lipinski definition) is 4. The van der Waals surface area contributed by atoms with Gasteiger partial charge in [0, 0.05) is 12.4 Å². The molecule has 0 bridgehead atoms. The van der Waals surface area contributed by atoms with E-state index in [2.05, 4.69) is 9.82 Å². The van der Waals surface area contributed by atoms with Crippen molar-refractivity contribution in [1.29, 1.82) is 0 Å². The van der Waals surface area contributed by atoms with Crippen LogP contribution in [-0.4, -0.2) is 29.3 Å². The predicted molar refractivity (Wildman–Crippen MR) is 92.5 cm³/mol. The number of aromatic carboxylic acids is 1. The van der Waals surface area contributed by atoms with Crippen molar-refractivity contribution >= 4 is 21.7 Å². The maximum atomic E-state index is 12.7. The van der Waals surface area contributed by atoms with E-state index in [4.69, 9.17) is 5.11 Å². The number of carbonyl (C=O) groups is 1. The summed E-state index contributed by atoms with van der Waals surface area (Å²) in [7, 11) is -3.93. The van der Waals surface area contributed by atoms with Crippen LogP contribution < -0.4 is 4.72 Å². The number of anilines is 1. The first-order chi connectivity index (χ1) is 11.9. The van der Waals surface area contributed by atoms with Crippen LogP contribution in [0.1, 0.15) is 15.9 Å². The lowest BCUT2D eigenvalue weighted by Gasteiger charge is -2.12. The molecular weight excluding hydrogens is 342 g/mol. The molecule has 0 atom stereocenters. The number of benzene rings is 2. The maximum Gasteiger partial charge on any atom is 0.335 e. The molecule has 7 nitrogen and oxygen atoms in total. The summed E-state index contributed by atoms with van der Waals surface area (Å²) in [6.45, 7) is 1.61. The molecule has 0 saturated heterocycles. The van der Waals surface area contributed by atoms with Crippen molar-refractivity contribution in [1.82, 2.24) is 9.78 Å². The fraction of sp³-hybridized carbons (Fsp3) is 0.0588. The van der Waals surface area contributed by atoms with Gasteiger partial charge in [0.25, 0.3) is 10.0 Å². The second-order valence-corrected chi connectivity index (χ2v) is 7.04. The molecule has 8 heteroatoms. The number of carboxylic acid groups (broad SMARTS) is 1. The van der Waals surface area contributed by atoms with Crippen LogP contribution in [0, 0.1) is 6.92 Å². The Morgan fingerprint density at radius 1 is 1.16 bits per heavy atom. The molecule has 1 heterocycles. The van der Waals surface area contributed by atoms with Crippen molar-refractivity contribution in [3.63, 3.8) is 0 Å². The average Bonchev–Trinajstić information content (AvgIpc) is 3.09. The summed E-state index contributed by atoms with van der Waals surface area (Å²) in [5.74, 6) is -1.18. The number of sulfonamides is 1. The summed E-state index contributed by atoms with van der Waals surface area (Å²) in [6, 6.07) is 12.5. The van der Waals surface area contributed by atoms with Gasteiger partial charge in [-0.1, -0.05) is 12.1 Å². The van der Waals surface area contributed by atoms with Crippen molar-refractivity contribution < 1.29 is 18.3 Å². The number of nitrogens with zero attached hydrogens (tertiary/aromatic N) is 2. The Labute approximate surface area is 144 Å². The third kappa shape index (κ3) is 3.53. The fourth-order valence-corrected chi connectivity index (χ4v) is 3.69. The zero-order valence-electron chi connectivity index (χ0n) is 13.2. The van der Waals surface area contributed by atoms with Gasteiger partial charge >= 0.3 is 5.97 Å². The Hall–Kier alpha value is -3.13. The van der Waals surface area contributed by atoms with E-state index in [0.29, 0.717) is 16.9 Å². The highest BCUT2D eigenvalue weighted by atomic mass is 32.2. The molecule has 0 spiro atoms. The minimum atomic E-state index is -3.93. The second kappa shape index (κ2) is 6.40. The highest BCUT2D eigenvalue weighted by Gasteiger charge is 2.19. The first kappa shape index (κ1) is 16.7. The Morgan fingerprint density at radius 3 is 2.64 bits per heavy atom. The van der Waals surface area contributed by atoms with Crippen molar-refractivity contribution in [2.24, 2.45) is 0 Å². The first-order valence-electron chi connectivity index (χ1n) is 7.34. The Balaban J connectivity index is 1.96. The Morgan fingerprint density at radius 2 is 1.96 bits per heavy atom. The van der Waals surface area contributed by atoms with Gasteiger partial charge in [-0.05, 0) is 48.9 Å². The topological polar surface area (TPSA) is 101 Å². The summed E-state index contributed by atoms with van der Waals surface area (Å²) in [5.41, 5.74) is 1.42. The third-order valence-electron chi connectivity index (χ3n) is 3.59. The van der Waals surface area contributed by atoms with E-state index in [-0.39, 0.29) is 10.5 Å². The smallest absolute Gasteiger partial charge is 0.335 e. The SMILES string of the molecule is Cc1ccc(C(=O)O)cc1S(=O)(=O)Nc1cccc(-n2cccn2)c1. The van der Waals surface area contributed by atoms with E-state index < -0.39 is 16.0 Å². The lowest BCUT2D eigenvalue weighted by atomic mass is 10.1. The molecule has 0 amide bonds. The zero-order chi connectivity index (χ0) is 18.0. The third-order valence-corrected chi connectivity index (χ3v) is 5.12. The number of carboxylic acids is 1. The Bertz CT molecular complexity index is 1030. The minimum absolute atomic E-state index is 0.0723. The first-order valence-corrected chi connectivity index (χ1v) is 8.82. The highest BCUT2D eigenvalue weighted by molar-refractivity contribution is 7.92. The standard InChI is InChI=1S/C17H15N3O4S/c1-12-6-7-13(17(21)22)10-16(12)25(23,24)19-14-4-2-5-15(11-14)20-9-3-8-18-20/h2-11,19H,1H3,(H,21,22). The molecule has 0 fully saturated rings.